The summed E-state index contributed by atoms with van der Waals surface area (Å²) < 4.78 is 0. The van der Waals surface area contributed by atoms with Gasteiger partial charge in [-0.25, -0.2) is 0 Å². The summed E-state index contributed by atoms with van der Waals surface area (Å²) in [6.45, 7) is 5.88. The molecule has 1 aromatic rings. The highest BCUT2D eigenvalue weighted by atomic mass is 16.6. The van der Waals surface area contributed by atoms with Crippen LogP contribution < -0.4 is 4.90 Å². The number of nitro groups is 1. The highest BCUT2D eigenvalue weighted by Crippen LogP contribution is 2.36. The highest BCUT2D eigenvalue weighted by molar-refractivity contribution is 5.64. The minimum Gasteiger partial charge on any atom is -0.392 e. The lowest BCUT2D eigenvalue weighted by molar-refractivity contribution is -0.384. The van der Waals surface area contributed by atoms with Crippen molar-refractivity contribution >= 4 is 11.4 Å². The number of nitro benzene ring substituents is 1. The second-order valence-electron chi connectivity index (χ2n) is 5.93. The molecule has 1 aliphatic heterocycles. The van der Waals surface area contributed by atoms with E-state index in [1.54, 1.807) is 12.1 Å². The van der Waals surface area contributed by atoms with E-state index in [1.165, 1.54) is 6.07 Å². The number of rotatable bonds is 3. The van der Waals surface area contributed by atoms with Crippen molar-refractivity contribution in [1.82, 2.24) is 0 Å². The molecule has 19 heavy (non-hydrogen) atoms. The lowest BCUT2D eigenvalue weighted by atomic mass is 9.84. The number of hydrogen-bond acceptors (Lipinski definition) is 4. The zero-order valence-corrected chi connectivity index (χ0v) is 11.4. The van der Waals surface area contributed by atoms with Crippen LogP contribution in [0.15, 0.2) is 18.2 Å². The van der Waals surface area contributed by atoms with Gasteiger partial charge >= 0.3 is 0 Å². The average molecular weight is 264 g/mol. The average Bonchev–Trinajstić information content (AvgIpc) is 2.36. The van der Waals surface area contributed by atoms with E-state index in [-0.39, 0.29) is 22.6 Å². The minimum absolute atomic E-state index is 0.0873. The van der Waals surface area contributed by atoms with Crippen LogP contribution in [0.5, 0.6) is 0 Å². The largest absolute Gasteiger partial charge is 0.392 e. The number of anilines is 1. The number of aliphatic hydroxyl groups excluding tert-OH is 1. The molecule has 0 radical (unpaired) electrons. The van der Waals surface area contributed by atoms with Gasteiger partial charge in [-0.2, -0.15) is 0 Å². The molecular weight excluding hydrogens is 244 g/mol. The van der Waals surface area contributed by atoms with Crippen LogP contribution in [0.1, 0.15) is 32.3 Å². The van der Waals surface area contributed by atoms with E-state index in [9.17, 15) is 10.1 Å². The van der Waals surface area contributed by atoms with Crippen molar-refractivity contribution in [1.29, 1.82) is 0 Å². The topological polar surface area (TPSA) is 66.6 Å². The second kappa shape index (κ2) is 5.17. The Balaban J connectivity index is 2.35. The lowest BCUT2D eigenvalue weighted by Gasteiger charge is -2.39. The van der Waals surface area contributed by atoms with Gasteiger partial charge in [0.15, 0.2) is 0 Å². The fourth-order valence-electron chi connectivity index (χ4n) is 2.71. The Hall–Kier alpha value is -1.62. The van der Waals surface area contributed by atoms with Gasteiger partial charge in [-0.3, -0.25) is 10.1 Å². The summed E-state index contributed by atoms with van der Waals surface area (Å²) in [6.07, 6.45) is 2.19. The maximum Gasteiger partial charge on any atom is 0.292 e. The Morgan fingerprint density at radius 1 is 1.47 bits per heavy atom. The molecule has 5 heteroatoms. The van der Waals surface area contributed by atoms with Gasteiger partial charge in [0.25, 0.3) is 5.69 Å². The van der Waals surface area contributed by atoms with E-state index in [0.29, 0.717) is 11.3 Å². The van der Waals surface area contributed by atoms with Crippen LogP contribution in [0.2, 0.25) is 0 Å². The maximum absolute atomic E-state index is 11.2. The Morgan fingerprint density at radius 2 is 2.21 bits per heavy atom. The van der Waals surface area contributed by atoms with Gasteiger partial charge in [0.1, 0.15) is 5.69 Å². The smallest absolute Gasteiger partial charge is 0.292 e. The summed E-state index contributed by atoms with van der Waals surface area (Å²) in [5, 5.41) is 20.3. The SMILES string of the molecule is CC1(C)CCCN(c2ccc(CO)cc2[N+](=O)[O-])C1. The normalized spacial score (nSPS) is 18.4. The third kappa shape index (κ3) is 3.04. The van der Waals surface area contributed by atoms with Crippen molar-refractivity contribution in [3.8, 4) is 0 Å². The molecule has 0 unspecified atom stereocenters. The molecule has 0 amide bonds. The van der Waals surface area contributed by atoms with Crippen molar-refractivity contribution in [2.45, 2.75) is 33.3 Å². The molecule has 1 N–H and O–H groups in total. The van der Waals surface area contributed by atoms with Crippen LogP contribution in [-0.4, -0.2) is 23.1 Å². The molecule has 0 bridgehead atoms. The number of piperidine rings is 1. The summed E-state index contributed by atoms with van der Waals surface area (Å²) in [6, 6.07) is 4.98. The molecule has 1 fully saturated rings. The van der Waals surface area contributed by atoms with Gasteiger partial charge in [-0.15, -0.1) is 0 Å². The number of hydrogen-bond donors (Lipinski definition) is 1. The number of aliphatic hydroxyl groups is 1. The van der Waals surface area contributed by atoms with Crippen LogP contribution in [0.25, 0.3) is 0 Å². The molecule has 0 saturated carbocycles. The van der Waals surface area contributed by atoms with Gasteiger partial charge in [-0.05, 0) is 29.9 Å². The zero-order chi connectivity index (χ0) is 14.0. The Bertz CT molecular complexity index is 486. The molecule has 0 aromatic heterocycles. The van der Waals surface area contributed by atoms with Crippen molar-refractivity contribution in [3.05, 3.63) is 33.9 Å². The summed E-state index contributed by atoms with van der Waals surface area (Å²) >= 11 is 0. The summed E-state index contributed by atoms with van der Waals surface area (Å²) in [5.74, 6) is 0. The minimum atomic E-state index is -0.365. The molecule has 0 spiro atoms. The fraction of sp³-hybridized carbons (Fsp3) is 0.571. The first-order valence-electron chi connectivity index (χ1n) is 6.56. The van der Waals surface area contributed by atoms with E-state index in [0.717, 1.165) is 25.9 Å². The fourth-order valence-corrected chi connectivity index (χ4v) is 2.71. The molecule has 1 heterocycles. The quantitative estimate of drug-likeness (QED) is 0.673. The van der Waals surface area contributed by atoms with Gasteiger partial charge < -0.3 is 10.0 Å². The third-order valence-corrected chi connectivity index (χ3v) is 3.66. The first-order valence-corrected chi connectivity index (χ1v) is 6.56. The Kier molecular flexibility index (Phi) is 3.75. The lowest BCUT2D eigenvalue weighted by Crippen LogP contribution is -2.40. The van der Waals surface area contributed by atoms with E-state index in [1.807, 2.05) is 0 Å². The Morgan fingerprint density at radius 3 is 2.79 bits per heavy atom. The van der Waals surface area contributed by atoms with E-state index in [2.05, 4.69) is 18.7 Å². The Labute approximate surface area is 113 Å². The van der Waals surface area contributed by atoms with Gasteiger partial charge in [0, 0.05) is 19.2 Å². The van der Waals surface area contributed by atoms with Crippen molar-refractivity contribution in [3.63, 3.8) is 0 Å². The maximum atomic E-state index is 11.2. The van der Waals surface area contributed by atoms with Crippen LogP contribution >= 0.6 is 0 Å². The van der Waals surface area contributed by atoms with Gasteiger partial charge in [-0.1, -0.05) is 19.9 Å². The first-order chi connectivity index (χ1) is 8.93. The molecular formula is C14H20N2O3. The van der Waals surface area contributed by atoms with Crippen LogP contribution in [0.3, 0.4) is 0 Å². The molecule has 104 valence electrons. The standard InChI is InChI=1S/C14H20N2O3/c1-14(2)6-3-7-15(10-14)12-5-4-11(9-17)8-13(12)16(18)19/h4-5,8,17H,3,6-7,9-10H2,1-2H3. The second-order valence-corrected chi connectivity index (χ2v) is 5.93. The number of benzene rings is 1. The predicted molar refractivity (Wildman–Crippen MR) is 74.2 cm³/mol. The van der Waals surface area contributed by atoms with E-state index >= 15 is 0 Å². The monoisotopic (exact) mass is 264 g/mol. The summed E-state index contributed by atoms with van der Waals surface area (Å²) in [5.41, 5.74) is 1.51. The van der Waals surface area contributed by atoms with Crippen molar-refractivity contribution in [2.24, 2.45) is 5.41 Å². The predicted octanol–water partition coefficient (Wildman–Crippen LogP) is 2.71. The summed E-state index contributed by atoms with van der Waals surface area (Å²) in [4.78, 5) is 12.9. The first kappa shape index (κ1) is 13.8. The van der Waals surface area contributed by atoms with E-state index < -0.39 is 0 Å². The summed E-state index contributed by atoms with van der Waals surface area (Å²) in [7, 11) is 0. The van der Waals surface area contributed by atoms with Gasteiger partial charge in [0.2, 0.25) is 0 Å². The third-order valence-electron chi connectivity index (χ3n) is 3.66. The van der Waals surface area contributed by atoms with Crippen LogP contribution in [0.4, 0.5) is 11.4 Å². The van der Waals surface area contributed by atoms with Gasteiger partial charge in [0.05, 0.1) is 11.5 Å². The van der Waals surface area contributed by atoms with E-state index in [4.69, 9.17) is 5.11 Å². The van der Waals surface area contributed by atoms with Crippen LogP contribution in [0, 0.1) is 15.5 Å². The molecule has 0 aliphatic carbocycles. The molecule has 1 aliphatic rings. The van der Waals surface area contributed by atoms with Crippen molar-refractivity contribution < 1.29 is 10.0 Å². The number of nitrogens with zero attached hydrogens (tertiary/aromatic N) is 2. The molecule has 1 aromatic carbocycles. The molecule has 5 nitrogen and oxygen atoms in total. The molecule has 2 rings (SSSR count). The molecule has 1 saturated heterocycles. The zero-order valence-electron chi connectivity index (χ0n) is 11.4. The highest BCUT2D eigenvalue weighted by Gasteiger charge is 2.29. The molecule has 0 atom stereocenters. The van der Waals surface area contributed by atoms with Crippen molar-refractivity contribution in [2.75, 3.05) is 18.0 Å². The van der Waals surface area contributed by atoms with Crippen LogP contribution in [-0.2, 0) is 6.61 Å².